The van der Waals surface area contributed by atoms with E-state index in [1.54, 1.807) is 12.1 Å². The zero-order chi connectivity index (χ0) is 12.3. The van der Waals surface area contributed by atoms with Crippen molar-refractivity contribution < 1.29 is 9.13 Å². The normalized spacial score (nSPS) is 19.2. The number of benzene rings is 1. The summed E-state index contributed by atoms with van der Waals surface area (Å²) in [4.78, 5) is 0. The van der Waals surface area contributed by atoms with E-state index in [1.807, 2.05) is 6.92 Å². The van der Waals surface area contributed by atoms with Crippen molar-refractivity contribution in [1.29, 1.82) is 0 Å². The molecule has 0 aliphatic carbocycles. The summed E-state index contributed by atoms with van der Waals surface area (Å²) in [5.74, 6) is 5.84. The summed E-state index contributed by atoms with van der Waals surface area (Å²) in [5, 5.41) is 0. The van der Waals surface area contributed by atoms with Gasteiger partial charge in [-0.25, -0.2) is 4.39 Å². The van der Waals surface area contributed by atoms with Crippen LogP contribution in [0.3, 0.4) is 0 Å². The summed E-state index contributed by atoms with van der Waals surface area (Å²) >= 11 is 0. The van der Waals surface area contributed by atoms with Crippen LogP contribution in [0.15, 0.2) is 18.2 Å². The van der Waals surface area contributed by atoms with Gasteiger partial charge < -0.3 is 4.74 Å². The number of hydrazine groups is 1. The Bertz CT molecular complexity index is 378. The maximum Gasteiger partial charge on any atom is 0.123 e. The summed E-state index contributed by atoms with van der Waals surface area (Å²) in [7, 11) is 0. The Labute approximate surface area is 101 Å². The molecular formula is C13H19FN2O. The van der Waals surface area contributed by atoms with E-state index in [2.05, 4.69) is 5.43 Å². The van der Waals surface area contributed by atoms with Crippen molar-refractivity contribution in [3.63, 3.8) is 0 Å². The lowest BCUT2D eigenvalue weighted by atomic mass is 9.86. The van der Waals surface area contributed by atoms with Gasteiger partial charge in [0.2, 0.25) is 0 Å². The quantitative estimate of drug-likeness (QED) is 0.626. The third-order valence-electron chi connectivity index (χ3n) is 3.49. The van der Waals surface area contributed by atoms with Gasteiger partial charge in [-0.05, 0) is 48.9 Å². The zero-order valence-electron chi connectivity index (χ0n) is 10.1. The van der Waals surface area contributed by atoms with Gasteiger partial charge in [0.05, 0.1) is 0 Å². The number of nitrogens with one attached hydrogen (secondary N) is 1. The molecule has 1 fully saturated rings. The first-order valence-electron chi connectivity index (χ1n) is 6.02. The monoisotopic (exact) mass is 238 g/mol. The summed E-state index contributed by atoms with van der Waals surface area (Å²) in [6.07, 6.45) is 1.93. The van der Waals surface area contributed by atoms with Gasteiger partial charge in [0.1, 0.15) is 5.82 Å². The van der Waals surface area contributed by atoms with E-state index in [4.69, 9.17) is 10.6 Å². The predicted octanol–water partition coefficient (Wildman–Crippen LogP) is 2.07. The molecule has 1 saturated heterocycles. The maximum absolute atomic E-state index is 13.3. The molecule has 0 saturated carbocycles. The molecule has 3 nitrogen and oxygen atoms in total. The molecule has 1 aromatic rings. The highest BCUT2D eigenvalue weighted by Crippen LogP contribution is 2.31. The Kier molecular flexibility index (Phi) is 4.10. The molecule has 0 spiro atoms. The Hall–Kier alpha value is -0.970. The third-order valence-corrected chi connectivity index (χ3v) is 3.49. The zero-order valence-corrected chi connectivity index (χ0v) is 10.1. The largest absolute Gasteiger partial charge is 0.381 e. The predicted molar refractivity (Wildman–Crippen MR) is 64.7 cm³/mol. The Morgan fingerprint density at radius 2 is 2.12 bits per heavy atom. The lowest BCUT2D eigenvalue weighted by molar-refractivity contribution is 0.0535. The molecule has 1 unspecified atom stereocenters. The molecule has 2 rings (SSSR count). The van der Waals surface area contributed by atoms with Crippen LogP contribution < -0.4 is 11.3 Å². The number of rotatable bonds is 3. The standard InChI is InChI=1S/C13H19FN2O/c1-9-2-3-11(14)8-12(9)13(16-15)10-4-6-17-7-5-10/h2-3,8,10,13,16H,4-7,15H2,1H3. The average molecular weight is 238 g/mol. The van der Waals surface area contributed by atoms with Gasteiger partial charge in [-0.2, -0.15) is 0 Å². The second-order valence-electron chi connectivity index (χ2n) is 4.60. The van der Waals surface area contributed by atoms with Gasteiger partial charge in [-0.1, -0.05) is 6.07 Å². The molecule has 0 amide bonds. The molecule has 0 radical (unpaired) electrons. The maximum atomic E-state index is 13.3. The number of nitrogens with two attached hydrogens (primary N) is 1. The molecule has 94 valence electrons. The van der Waals surface area contributed by atoms with Crippen LogP contribution in [0.25, 0.3) is 0 Å². The van der Waals surface area contributed by atoms with Crippen LogP contribution in [0.4, 0.5) is 4.39 Å². The van der Waals surface area contributed by atoms with Gasteiger partial charge in [0, 0.05) is 19.3 Å². The molecular weight excluding hydrogens is 219 g/mol. The van der Waals surface area contributed by atoms with Crippen molar-refractivity contribution in [2.75, 3.05) is 13.2 Å². The van der Waals surface area contributed by atoms with E-state index in [0.717, 1.165) is 37.2 Å². The van der Waals surface area contributed by atoms with Crippen molar-refractivity contribution >= 4 is 0 Å². The van der Waals surface area contributed by atoms with E-state index >= 15 is 0 Å². The minimum atomic E-state index is -0.210. The molecule has 1 aromatic carbocycles. The Morgan fingerprint density at radius 1 is 1.41 bits per heavy atom. The molecule has 0 bridgehead atoms. The fourth-order valence-corrected chi connectivity index (χ4v) is 2.48. The first kappa shape index (κ1) is 12.5. The summed E-state index contributed by atoms with van der Waals surface area (Å²) in [5.41, 5.74) is 4.86. The Morgan fingerprint density at radius 3 is 2.76 bits per heavy atom. The van der Waals surface area contributed by atoms with Crippen molar-refractivity contribution in [2.24, 2.45) is 11.8 Å². The van der Waals surface area contributed by atoms with Gasteiger partial charge >= 0.3 is 0 Å². The fraction of sp³-hybridized carbons (Fsp3) is 0.538. The van der Waals surface area contributed by atoms with Crippen LogP contribution in [0, 0.1) is 18.7 Å². The number of halogens is 1. The highest BCUT2D eigenvalue weighted by Gasteiger charge is 2.25. The van der Waals surface area contributed by atoms with E-state index < -0.39 is 0 Å². The lowest BCUT2D eigenvalue weighted by Gasteiger charge is -2.31. The van der Waals surface area contributed by atoms with Gasteiger partial charge in [0.15, 0.2) is 0 Å². The third kappa shape index (κ3) is 2.83. The van der Waals surface area contributed by atoms with Crippen molar-refractivity contribution in [3.8, 4) is 0 Å². The van der Waals surface area contributed by atoms with Crippen LogP contribution in [0.5, 0.6) is 0 Å². The van der Waals surface area contributed by atoms with Gasteiger partial charge in [-0.3, -0.25) is 11.3 Å². The number of ether oxygens (including phenoxy) is 1. The molecule has 1 atom stereocenters. The second-order valence-corrected chi connectivity index (χ2v) is 4.60. The van der Waals surface area contributed by atoms with E-state index in [-0.39, 0.29) is 11.9 Å². The number of hydrogen-bond donors (Lipinski definition) is 2. The van der Waals surface area contributed by atoms with E-state index in [1.165, 1.54) is 6.07 Å². The number of hydrogen-bond acceptors (Lipinski definition) is 3. The van der Waals surface area contributed by atoms with Gasteiger partial charge in [-0.15, -0.1) is 0 Å². The number of aryl methyl sites for hydroxylation is 1. The molecule has 17 heavy (non-hydrogen) atoms. The molecule has 3 N–H and O–H groups in total. The van der Waals surface area contributed by atoms with Gasteiger partial charge in [0.25, 0.3) is 0 Å². The van der Waals surface area contributed by atoms with Crippen LogP contribution in [-0.4, -0.2) is 13.2 Å². The van der Waals surface area contributed by atoms with E-state index in [0.29, 0.717) is 5.92 Å². The minimum Gasteiger partial charge on any atom is -0.381 e. The smallest absolute Gasteiger partial charge is 0.123 e. The SMILES string of the molecule is Cc1ccc(F)cc1C(NN)C1CCOCC1. The first-order valence-corrected chi connectivity index (χ1v) is 6.02. The average Bonchev–Trinajstić information content (AvgIpc) is 2.36. The second kappa shape index (κ2) is 5.58. The molecule has 4 heteroatoms. The van der Waals surface area contributed by atoms with Crippen LogP contribution in [0.2, 0.25) is 0 Å². The van der Waals surface area contributed by atoms with E-state index in [9.17, 15) is 4.39 Å². The van der Waals surface area contributed by atoms with Crippen LogP contribution in [-0.2, 0) is 4.74 Å². The summed E-state index contributed by atoms with van der Waals surface area (Å²) in [6.45, 7) is 3.51. The molecule has 1 aliphatic rings. The van der Waals surface area contributed by atoms with Crippen molar-refractivity contribution in [1.82, 2.24) is 5.43 Å². The van der Waals surface area contributed by atoms with Crippen molar-refractivity contribution in [3.05, 3.63) is 35.1 Å². The Balaban J connectivity index is 2.24. The lowest BCUT2D eigenvalue weighted by Crippen LogP contribution is -2.36. The van der Waals surface area contributed by atoms with Crippen LogP contribution in [0.1, 0.15) is 30.0 Å². The highest BCUT2D eigenvalue weighted by molar-refractivity contribution is 5.30. The van der Waals surface area contributed by atoms with Crippen molar-refractivity contribution in [2.45, 2.75) is 25.8 Å². The highest BCUT2D eigenvalue weighted by atomic mass is 19.1. The molecule has 1 aliphatic heterocycles. The molecule has 0 aromatic heterocycles. The minimum absolute atomic E-state index is 0.00889. The van der Waals surface area contributed by atoms with Crippen LogP contribution >= 0.6 is 0 Å². The first-order chi connectivity index (χ1) is 8.22. The topological polar surface area (TPSA) is 47.3 Å². The summed E-state index contributed by atoms with van der Waals surface area (Å²) in [6, 6.07) is 4.87. The molecule has 1 heterocycles. The summed E-state index contributed by atoms with van der Waals surface area (Å²) < 4.78 is 18.7. The fourth-order valence-electron chi connectivity index (χ4n) is 2.48.